The second kappa shape index (κ2) is 13.4. The van der Waals surface area contributed by atoms with Crippen LogP contribution in [0.25, 0.3) is 22.6 Å². The molecule has 4 aromatic rings. The van der Waals surface area contributed by atoms with Crippen molar-refractivity contribution < 1.29 is 50.8 Å². The molecular weight excluding hydrogens is 782 g/mol. The van der Waals surface area contributed by atoms with Gasteiger partial charge in [-0.1, -0.05) is 28.8 Å². The SMILES string of the molecule is CN1C=CN(c2[c-]c(N3C=CN(C)[CH-]3)cc(C(F)(F)F)c2)[CH-]1.Cn1cc(-c2[c-]cc(F)cc2F)nc1-c1[c-]cc(F)cc1F.[Ir]. The average molecular weight is 804 g/mol. The first-order valence-corrected chi connectivity index (χ1v) is 12.8. The fraction of sp³-hybridized carbons (Fsp3) is 0.129. The van der Waals surface area contributed by atoms with E-state index in [0.29, 0.717) is 23.5 Å². The molecule has 0 aliphatic carbocycles. The van der Waals surface area contributed by atoms with Crippen LogP contribution in [0, 0.1) is 54.8 Å². The van der Waals surface area contributed by atoms with Crippen molar-refractivity contribution in [1.82, 2.24) is 19.4 Å². The molecule has 0 fully saturated rings. The molecule has 0 unspecified atom stereocenters. The number of aryl methyl sites for hydroxylation is 1. The molecule has 0 spiro atoms. The molecular formula is C31H22F7IrN6-5. The van der Waals surface area contributed by atoms with E-state index in [4.69, 9.17) is 0 Å². The molecule has 0 saturated carbocycles. The molecule has 3 heterocycles. The van der Waals surface area contributed by atoms with Gasteiger partial charge < -0.3 is 29.2 Å². The predicted octanol–water partition coefficient (Wildman–Crippen LogP) is 7.10. The third-order valence-electron chi connectivity index (χ3n) is 6.33. The number of aromatic nitrogens is 2. The van der Waals surface area contributed by atoms with Gasteiger partial charge in [-0.2, -0.15) is 26.5 Å². The fourth-order valence-electron chi connectivity index (χ4n) is 4.24. The van der Waals surface area contributed by atoms with E-state index in [-0.39, 0.29) is 42.8 Å². The van der Waals surface area contributed by atoms with Gasteiger partial charge in [0.1, 0.15) is 0 Å². The normalized spacial score (nSPS) is 14.2. The van der Waals surface area contributed by atoms with E-state index in [9.17, 15) is 30.7 Å². The van der Waals surface area contributed by atoms with Crippen LogP contribution in [0.3, 0.4) is 0 Å². The zero-order valence-corrected chi connectivity index (χ0v) is 26.1. The van der Waals surface area contributed by atoms with Crippen molar-refractivity contribution in [3.8, 4) is 22.6 Å². The Hall–Kier alpha value is -4.29. The Kier molecular flexibility index (Phi) is 9.98. The Morgan fingerprint density at radius 3 is 1.62 bits per heavy atom. The number of anilines is 2. The second-order valence-corrected chi connectivity index (χ2v) is 9.75. The summed E-state index contributed by atoms with van der Waals surface area (Å²) in [5, 5.41) is 0. The predicted molar refractivity (Wildman–Crippen MR) is 149 cm³/mol. The van der Waals surface area contributed by atoms with Crippen LogP contribution in [0.4, 0.5) is 42.1 Å². The van der Waals surface area contributed by atoms with E-state index in [2.05, 4.69) is 23.2 Å². The molecule has 0 saturated heterocycles. The molecule has 0 atom stereocenters. The summed E-state index contributed by atoms with van der Waals surface area (Å²) in [4.78, 5) is 10.8. The molecule has 0 amide bonds. The minimum atomic E-state index is -4.41. The number of rotatable bonds is 4. The standard InChI is InChI=1S/C16H8F4N2.C15H14F3N4.Ir/c1-22-8-15(11-4-2-9(17)6-13(11)19)21-16(22)12-5-3-10(18)7-14(12)20;1-19-3-5-21(10-19)13-7-12(15(16,17)18)8-14(9-13)22-6-4-20(2)11-22;/h2-3,6-8H,1H3;3-8,10-11H,1-2H3;/q-2;-3;. The minimum absolute atomic E-state index is 0. The van der Waals surface area contributed by atoms with E-state index in [0.717, 1.165) is 24.3 Å². The summed E-state index contributed by atoms with van der Waals surface area (Å²) in [6.45, 7) is 3.37. The summed E-state index contributed by atoms with van der Waals surface area (Å²) in [5.41, 5.74) is 0.0445. The van der Waals surface area contributed by atoms with Crippen molar-refractivity contribution in [1.29, 1.82) is 0 Å². The molecule has 45 heavy (non-hydrogen) atoms. The fourth-order valence-corrected chi connectivity index (χ4v) is 4.24. The van der Waals surface area contributed by atoms with Gasteiger partial charge in [0.15, 0.2) is 0 Å². The van der Waals surface area contributed by atoms with Gasteiger partial charge in [-0.05, 0) is 50.8 Å². The van der Waals surface area contributed by atoms with E-state index in [1.807, 2.05) is 0 Å². The van der Waals surface area contributed by atoms with E-state index < -0.39 is 35.0 Å². The summed E-state index contributed by atoms with van der Waals surface area (Å²) >= 11 is 0. The zero-order valence-electron chi connectivity index (χ0n) is 23.7. The Morgan fingerprint density at radius 2 is 1.20 bits per heavy atom. The Morgan fingerprint density at radius 1 is 0.711 bits per heavy atom. The first-order valence-electron chi connectivity index (χ1n) is 12.8. The van der Waals surface area contributed by atoms with Gasteiger partial charge in [0.2, 0.25) is 0 Å². The molecule has 2 aliphatic rings. The molecule has 14 heteroatoms. The van der Waals surface area contributed by atoms with Crippen LogP contribution in [-0.4, -0.2) is 33.4 Å². The second-order valence-electron chi connectivity index (χ2n) is 9.75. The summed E-state index contributed by atoms with van der Waals surface area (Å²) in [7, 11) is 5.18. The van der Waals surface area contributed by atoms with Gasteiger partial charge in [-0.25, -0.2) is 0 Å². The maximum atomic E-state index is 13.8. The molecule has 6 nitrogen and oxygen atoms in total. The van der Waals surface area contributed by atoms with Crippen LogP contribution in [0.15, 0.2) is 67.4 Å². The number of imidazole rings is 1. The van der Waals surface area contributed by atoms with Crippen LogP contribution in [-0.2, 0) is 33.3 Å². The smallest absolute Gasteiger partial charge is 0.394 e. The van der Waals surface area contributed by atoms with E-state index in [1.54, 1.807) is 78.9 Å². The number of alkyl halides is 3. The van der Waals surface area contributed by atoms with E-state index in [1.165, 1.54) is 10.8 Å². The van der Waals surface area contributed by atoms with Crippen LogP contribution in [0.5, 0.6) is 0 Å². The van der Waals surface area contributed by atoms with Crippen LogP contribution >= 0.6 is 0 Å². The molecule has 6 rings (SSSR count). The molecule has 0 N–H and O–H groups in total. The maximum Gasteiger partial charge on any atom is 0.394 e. The van der Waals surface area contributed by atoms with Gasteiger partial charge in [0.25, 0.3) is 0 Å². The molecule has 0 bridgehead atoms. The van der Waals surface area contributed by atoms with Gasteiger partial charge in [0.05, 0.1) is 0 Å². The van der Waals surface area contributed by atoms with E-state index >= 15 is 0 Å². The Labute approximate surface area is 268 Å². The summed E-state index contributed by atoms with van der Waals surface area (Å²) in [6.07, 6.45) is 3.91. The monoisotopic (exact) mass is 804 g/mol. The third kappa shape index (κ3) is 7.69. The number of hydrogen-bond acceptors (Lipinski definition) is 5. The van der Waals surface area contributed by atoms with Crippen molar-refractivity contribution in [2.45, 2.75) is 6.18 Å². The molecule has 2 aliphatic heterocycles. The first kappa shape index (κ1) is 33.6. The zero-order chi connectivity index (χ0) is 31.8. The van der Waals surface area contributed by atoms with Crippen LogP contribution in [0.2, 0.25) is 0 Å². The molecule has 1 aromatic heterocycles. The minimum Gasteiger partial charge on any atom is -0.510 e. The molecule has 239 valence electrons. The van der Waals surface area contributed by atoms with Crippen molar-refractivity contribution in [3.63, 3.8) is 0 Å². The number of halogens is 7. The topological polar surface area (TPSA) is 30.8 Å². The largest absolute Gasteiger partial charge is 0.510 e. The maximum absolute atomic E-state index is 13.8. The Balaban J connectivity index is 0.000000200. The quantitative estimate of drug-likeness (QED) is 0.163. The molecule has 3 aromatic carbocycles. The van der Waals surface area contributed by atoms with Crippen LogP contribution in [0.1, 0.15) is 5.56 Å². The number of nitrogens with zero attached hydrogens (tertiary/aromatic N) is 6. The van der Waals surface area contributed by atoms with Crippen molar-refractivity contribution in [2.75, 3.05) is 23.9 Å². The van der Waals surface area contributed by atoms with Crippen molar-refractivity contribution in [2.24, 2.45) is 7.05 Å². The summed E-state index contributed by atoms with van der Waals surface area (Å²) in [5.74, 6) is -3.02. The van der Waals surface area contributed by atoms with Gasteiger partial charge in [-0.15, -0.1) is 53.8 Å². The van der Waals surface area contributed by atoms with Gasteiger partial charge in [-0.3, -0.25) is 17.6 Å². The number of hydrogen-bond donors (Lipinski definition) is 0. The van der Waals surface area contributed by atoms with Crippen molar-refractivity contribution >= 4 is 11.4 Å². The first-order chi connectivity index (χ1) is 20.8. The van der Waals surface area contributed by atoms with Crippen molar-refractivity contribution in [3.05, 3.63) is 128 Å². The average Bonchev–Trinajstić information content (AvgIpc) is 3.68. The number of benzene rings is 3. The summed E-state index contributed by atoms with van der Waals surface area (Å²) in [6, 6.07) is 13.5. The van der Waals surface area contributed by atoms with Gasteiger partial charge in [0, 0.05) is 56.2 Å². The molecule has 1 radical (unpaired) electrons. The summed E-state index contributed by atoms with van der Waals surface area (Å²) < 4.78 is 94.3. The third-order valence-corrected chi connectivity index (χ3v) is 6.33. The van der Waals surface area contributed by atoms with Gasteiger partial charge >= 0.3 is 6.18 Å². The van der Waals surface area contributed by atoms with Crippen LogP contribution < -0.4 is 9.80 Å². The Bertz CT molecular complexity index is 1690.